The Bertz CT molecular complexity index is 548. The van der Waals surface area contributed by atoms with Gasteiger partial charge in [-0.15, -0.1) is 0 Å². The molecule has 1 heterocycles. The molecule has 0 saturated carbocycles. The fourth-order valence-corrected chi connectivity index (χ4v) is 2.34. The zero-order valence-corrected chi connectivity index (χ0v) is 9.61. The summed E-state index contributed by atoms with van der Waals surface area (Å²) in [5.74, 6) is 0.318. The molecule has 0 aromatic heterocycles. The lowest BCUT2D eigenvalue weighted by Gasteiger charge is -2.18. The summed E-state index contributed by atoms with van der Waals surface area (Å²) in [6.07, 6.45) is 2.32. The predicted molar refractivity (Wildman–Crippen MR) is 70.4 cm³/mol. The molecule has 2 heteroatoms. The highest BCUT2D eigenvalue weighted by atomic mass is 16.3. The lowest BCUT2D eigenvalue weighted by molar-refractivity contribution is 0.475. The molecule has 2 nitrogen and oxygen atoms in total. The molecule has 86 valence electrons. The molecule has 1 aliphatic heterocycles. The molecular formula is C15H15NO. The highest BCUT2D eigenvalue weighted by Gasteiger charge is 2.09. The maximum absolute atomic E-state index is 9.50. The van der Waals surface area contributed by atoms with Gasteiger partial charge >= 0.3 is 0 Å². The van der Waals surface area contributed by atoms with Gasteiger partial charge in [0.15, 0.2) is 0 Å². The van der Waals surface area contributed by atoms with Gasteiger partial charge in [0.25, 0.3) is 0 Å². The summed E-state index contributed by atoms with van der Waals surface area (Å²) in [4.78, 5) is 0. The van der Waals surface area contributed by atoms with Crippen molar-refractivity contribution in [3.05, 3.63) is 48.0 Å². The van der Waals surface area contributed by atoms with Crippen molar-refractivity contribution >= 4 is 5.69 Å². The van der Waals surface area contributed by atoms with E-state index >= 15 is 0 Å². The molecule has 2 aromatic carbocycles. The highest BCUT2D eigenvalue weighted by molar-refractivity contribution is 5.70. The second-order valence-electron chi connectivity index (χ2n) is 4.45. The lowest BCUT2D eigenvalue weighted by atomic mass is 9.97. The van der Waals surface area contributed by atoms with Crippen LogP contribution in [0.15, 0.2) is 42.5 Å². The molecule has 0 bridgehead atoms. The largest absolute Gasteiger partial charge is 0.508 e. The highest BCUT2D eigenvalue weighted by Crippen LogP contribution is 2.29. The van der Waals surface area contributed by atoms with Gasteiger partial charge in [0, 0.05) is 12.2 Å². The number of hydrogen-bond acceptors (Lipinski definition) is 2. The molecule has 2 aromatic rings. The minimum atomic E-state index is 0.318. The van der Waals surface area contributed by atoms with Crippen molar-refractivity contribution in [3.8, 4) is 16.9 Å². The number of nitrogens with one attached hydrogen (secondary N) is 1. The zero-order valence-electron chi connectivity index (χ0n) is 9.61. The van der Waals surface area contributed by atoms with Crippen LogP contribution >= 0.6 is 0 Å². The van der Waals surface area contributed by atoms with E-state index in [1.165, 1.54) is 23.2 Å². The minimum Gasteiger partial charge on any atom is -0.508 e. The normalized spacial score (nSPS) is 13.9. The van der Waals surface area contributed by atoms with Crippen LogP contribution in [0.5, 0.6) is 5.75 Å². The maximum Gasteiger partial charge on any atom is 0.116 e. The van der Waals surface area contributed by atoms with E-state index < -0.39 is 0 Å². The summed E-state index contributed by atoms with van der Waals surface area (Å²) in [5.41, 5.74) is 4.86. The summed E-state index contributed by atoms with van der Waals surface area (Å²) < 4.78 is 0. The number of fused-ring (bicyclic) bond motifs is 1. The molecule has 3 rings (SSSR count). The summed E-state index contributed by atoms with van der Waals surface area (Å²) in [7, 11) is 0. The topological polar surface area (TPSA) is 32.3 Å². The Kier molecular flexibility index (Phi) is 2.48. The van der Waals surface area contributed by atoms with Crippen LogP contribution in [0.25, 0.3) is 11.1 Å². The Morgan fingerprint density at radius 2 is 1.88 bits per heavy atom. The van der Waals surface area contributed by atoms with Crippen molar-refractivity contribution in [1.82, 2.24) is 0 Å². The van der Waals surface area contributed by atoms with Crippen molar-refractivity contribution in [2.45, 2.75) is 12.8 Å². The molecule has 0 spiro atoms. The minimum absolute atomic E-state index is 0.318. The van der Waals surface area contributed by atoms with Gasteiger partial charge in [0.1, 0.15) is 5.75 Å². The third-order valence-corrected chi connectivity index (χ3v) is 3.22. The summed E-state index contributed by atoms with van der Waals surface area (Å²) in [5, 5.41) is 12.9. The number of phenolic OH excluding ortho intramolecular Hbond substituents is 1. The van der Waals surface area contributed by atoms with Crippen LogP contribution in [0.1, 0.15) is 12.0 Å². The van der Waals surface area contributed by atoms with Crippen LogP contribution in [0.4, 0.5) is 5.69 Å². The Morgan fingerprint density at radius 3 is 2.76 bits per heavy atom. The number of hydrogen-bond donors (Lipinski definition) is 2. The van der Waals surface area contributed by atoms with Crippen LogP contribution in [0.3, 0.4) is 0 Å². The molecule has 17 heavy (non-hydrogen) atoms. The summed E-state index contributed by atoms with van der Waals surface area (Å²) in [6.45, 7) is 1.07. The van der Waals surface area contributed by atoms with E-state index in [1.54, 1.807) is 12.1 Å². The first kappa shape index (κ1) is 10.2. The van der Waals surface area contributed by atoms with E-state index in [1.807, 2.05) is 12.1 Å². The number of aryl methyl sites for hydroxylation is 1. The van der Waals surface area contributed by atoms with Crippen molar-refractivity contribution in [1.29, 1.82) is 0 Å². The van der Waals surface area contributed by atoms with E-state index in [9.17, 15) is 5.11 Å². The van der Waals surface area contributed by atoms with E-state index in [0.29, 0.717) is 5.75 Å². The Morgan fingerprint density at radius 1 is 1.00 bits per heavy atom. The molecule has 1 aliphatic rings. The Balaban J connectivity index is 2.04. The van der Waals surface area contributed by atoms with Crippen LogP contribution in [-0.4, -0.2) is 11.7 Å². The van der Waals surface area contributed by atoms with Gasteiger partial charge in [-0.25, -0.2) is 0 Å². The van der Waals surface area contributed by atoms with Gasteiger partial charge in [0.05, 0.1) is 0 Å². The average molecular weight is 225 g/mol. The fourth-order valence-electron chi connectivity index (χ4n) is 2.34. The summed E-state index contributed by atoms with van der Waals surface area (Å²) in [6, 6.07) is 13.9. The van der Waals surface area contributed by atoms with Crippen LogP contribution in [-0.2, 0) is 6.42 Å². The number of anilines is 1. The first-order valence-electron chi connectivity index (χ1n) is 5.99. The van der Waals surface area contributed by atoms with E-state index in [2.05, 4.69) is 23.5 Å². The summed E-state index contributed by atoms with van der Waals surface area (Å²) >= 11 is 0. The van der Waals surface area contributed by atoms with Gasteiger partial charge in [-0.05, 0) is 53.8 Å². The van der Waals surface area contributed by atoms with Crippen molar-refractivity contribution < 1.29 is 5.11 Å². The standard InChI is InChI=1S/C15H15NO/c17-14-5-1-3-11(10-14)12-6-7-15-13(9-12)4-2-8-16-15/h1,3,5-7,9-10,16-17H,2,4,8H2. The average Bonchev–Trinajstić information content (AvgIpc) is 2.38. The van der Waals surface area contributed by atoms with Gasteiger partial charge in [-0.2, -0.15) is 0 Å². The second-order valence-corrected chi connectivity index (χ2v) is 4.45. The lowest BCUT2D eigenvalue weighted by Crippen LogP contribution is -2.11. The Hall–Kier alpha value is -1.96. The zero-order chi connectivity index (χ0) is 11.7. The SMILES string of the molecule is Oc1cccc(-c2ccc3c(c2)CCCN3)c1. The van der Waals surface area contributed by atoms with E-state index in [-0.39, 0.29) is 0 Å². The molecule has 0 amide bonds. The van der Waals surface area contributed by atoms with Gasteiger partial charge < -0.3 is 10.4 Å². The van der Waals surface area contributed by atoms with Gasteiger partial charge in [-0.1, -0.05) is 18.2 Å². The first-order valence-corrected chi connectivity index (χ1v) is 5.99. The molecular weight excluding hydrogens is 210 g/mol. The fraction of sp³-hybridized carbons (Fsp3) is 0.200. The molecule has 0 aliphatic carbocycles. The second kappa shape index (κ2) is 4.13. The molecule has 0 unspecified atom stereocenters. The van der Waals surface area contributed by atoms with E-state index in [0.717, 1.165) is 18.5 Å². The molecule has 0 atom stereocenters. The van der Waals surface area contributed by atoms with E-state index in [4.69, 9.17) is 0 Å². The van der Waals surface area contributed by atoms with Crippen molar-refractivity contribution in [2.75, 3.05) is 11.9 Å². The number of rotatable bonds is 1. The molecule has 2 N–H and O–H groups in total. The quantitative estimate of drug-likeness (QED) is 0.779. The smallest absolute Gasteiger partial charge is 0.116 e. The molecule has 0 saturated heterocycles. The van der Waals surface area contributed by atoms with Gasteiger partial charge in [-0.3, -0.25) is 0 Å². The van der Waals surface area contributed by atoms with Gasteiger partial charge in [0.2, 0.25) is 0 Å². The maximum atomic E-state index is 9.50. The predicted octanol–water partition coefficient (Wildman–Crippen LogP) is 3.42. The monoisotopic (exact) mass is 225 g/mol. The molecule has 0 radical (unpaired) electrons. The van der Waals surface area contributed by atoms with Crippen molar-refractivity contribution in [3.63, 3.8) is 0 Å². The third kappa shape index (κ3) is 1.98. The van der Waals surface area contributed by atoms with Crippen LogP contribution < -0.4 is 5.32 Å². The number of phenols is 1. The Labute approximate surface area is 101 Å². The molecule has 0 fully saturated rings. The van der Waals surface area contributed by atoms with Crippen LogP contribution in [0.2, 0.25) is 0 Å². The van der Waals surface area contributed by atoms with Crippen molar-refractivity contribution in [2.24, 2.45) is 0 Å². The van der Waals surface area contributed by atoms with Crippen LogP contribution in [0, 0.1) is 0 Å². The third-order valence-electron chi connectivity index (χ3n) is 3.22. The number of benzene rings is 2. The first-order chi connectivity index (χ1) is 8.33. The number of aromatic hydroxyl groups is 1.